The molecule has 5 nitrogen and oxygen atoms in total. The molecule has 0 amide bonds. The number of thiophene rings is 1. The number of hydrogen-bond acceptors (Lipinski definition) is 6. The molecule has 19 heavy (non-hydrogen) atoms. The lowest BCUT2D eigenvalue weighted by Crippen LogP contribution is -2.24. The molecule has 6 heteroatoms. The van der Waals surface area contributed by atoms with Gasteiger partial charge in [-0.25, -0.2) is 4.98 Å². The van der Waals surface area contributed by atoms with E-state index >= 15 is 0 Å². The summed E-state index contributed by atoms with van der Waals surface area (Å²) in [5, 5.41) is 13.4. The smallest absolute Gasteiger partial charge is 0.223 e. The van der Waals surface area contributed by atoms with E-state index in [-0.39, 0.29) is 18.0 Å². The zero-order valence-electron chi connectivity index (χ0n) is 11.5. The Labute approximate surface area is 116 Å². The number of nitrogens with one attached hydrogen (secondary N) is 1. The minimum absolute atomic E-state index is 0.00580. The molecule has 2 rings (SSSR count). The molecule has 0 spiro atoms. The second-order valence-electron chi connectivity index (χ2n) is 5.50. The molecule has 2 aromatic heterocycles. The molecule has 0 aromatic carbocycles. The Morgan fingerprint density at radius 1 is 1.42 bits per heavy atom. The van der Waals surface area contributed by atoms with Crippen LogP contribution in [0.4, 0.5) is 11.8 Å². The van der Waals surface area contributed by atoms with E-state index < -0.39 is 0 Å². The quantitative estimate of drug-likeness (QED) is 0.783. The molecule has 0 fully saturated rings. The highest BCUT2D eigenvalue weighted by atomic mass is 32.1. The first-order valence-electron chi connectivity index (χ1n) is 6.30. The van der Waals surface area contributed by atoms with Crippen molar-refractivity contribution in [1.82, 2.24) is 9.97 Å². The highest BCUT2D eigenvalue weighted by Crippen LogP contribution is 2.30. The Morgan fingerprint density at radius 2 is 2.16 bits per heavy atom. The summed E-state index contributed by atoms with van der Waals surface area (Å²) in [6, 6.07) is 2.07. The van der Waals surface area contributed by atoms with E-state index in [0.717, 1.165) is 29.0 Å². The number of fused-ring (bicyclic) bond motifs is 1. The van der Waals surface area contributed by atoms with Crippen molar-refractivity contribution < 1.29 is 5.11 Å². The maximum absolute atomic E-state index is 9.05. The summed E-state index contributed by atoms with van der Waals surface area (Å²) < 4.78 is 0. The van der Waals surface area contributed by atoms with Crippen molar-refractivity contribution in [2.75, 3.05) is 24.2 Å². The zero-order chi connectivity index (χ0) is 14.0. The Hall–Kier alpha value is -1.40. The van der Waals surface area contributed by atoms with Crippen LogP contribution in [0, 0.1) is 12.3 Å². The van der Waals surface area contributed by atoms with Crippen LogP contribution in [0.25, 0.3) is 10.2 Å². The summed E-state index contributed by atoms with van der Waals surface area (Å²) in [5.41, 5.74) is 5.74. The van der Waals surface area contributed by atoms with Gasteiger partial charge in [-0.15, -0.1) is 11.3 Å². The van der Waals surface area contributed by atoms with Crippen molar-refractivity contribution in [2.24, 2.45) is 5.41 Å². The summed E-state index contributed by atoms with van der Waals surface area (Å²) >= 11 is 1.61. The van der Waals surface area contributed by atoms with Crippen molar-refractivity contribution in [2.45, 2.75) is 27.2 Å². The maximum Gasteiger partial charge on any atom is 0.223 e. The minimum atomic E-state index is 0.00580. The van der Waals surface area contributed by atoms with Crippen molar-refractivity contribution in [3.8, 4) is 0 Å². The first kappa shape index (κ1) is 14.0. The number of aliphatic hydroxyl groups excluding tert-OH is 1. The number of aryl methyl sites for hydroxylation is 1. The van der Waals surface area contributed by atoms with Gasteiger partial charge in [-0.1, -0.05) is 13.8 Å². The van der Waals surface area contributed by atoms with Gasteiger partial charge in [-0.05, 0) is 24.8 Å². The van der Waals surface area contributed by atoms with Crippen LogP contribution in [0.5, 0.6) is 0 Å². The zero-order valence-corrected chi connectivity index (χ0v) is 12.3. The van der Waals surface area contributed by atoms with E-state index in [9.17, 15) is 0 Å². The van der Waals surface area contributed by atoms with E-state index in [2.05, 4.69) is 35.2 Å². The number of rotatable bonds is 5. The molecular weight excluding hydrogens is 260 g/mol. The molecule has 0 aliphatic heterocycles. The second-order valence-corrected chi connectivity index (χ2v) is 6.73. The largest absolute Gasteiger partial charge is 0.396 e. The lowest BCUT2D eigenvalue weighted by Gasteiger charge is -2.24. The van der Waals surface area contributed by atoms with Gasteiger partial charge in [-0.2, -0.15) is 4.98 Å². The molecule has 0 bridgehead atoms. The summed E-state index contributed by atoms with van der Waals surface area (Å²) in [4.78, 5) is 10.6. The fraction of sp³-hybridized carbons (Fsp3) is 0.538. The third-order valence-corrected chi connectivity index (χ3v) is 4.00. The van der Waals surface area contributed by atoms with Gasteiger partial charge in [-0.3, -0.25) is 0 Å². The van der Waals surface area contributed by atoms with E-state index in [1.54, 1.807) is 11.3 Å². The lowest BCUT2D eigenvalue weighted by molar-refractivity contribution is 0.220. The SMILES string of the molecule is Cc1cc2c(NCC(C)(C)CCO)nc(N)nc2s1. The monoisotopic (exact) mass is 280 g/mol. The highest BCUT2D eigenvalue weighted by Gasteiger charge is 2.18. The van der Waals surface area contributed by atoms with Gasteiger partial charge in [0.15, 0.2) is 0 Å². The summed E-state index contributed by atoms with van der Waals surface area (Å²) in [6.45, 7) is 7.18. The average Bonchev–Trinajstić information content (AvgIpc) is 2.66. The van der Waals surface area contributed by atoms with Crippen LogP contribution in [-0.2, 0) is 0 Å². The van der Waals surface area contributed by atoms with Crippen LogP contribution in [0.15, 0.2) is 6.07 Å². The van der Waals surface area contributed by atoms with Crippen molar-refractivity contribution in [1.29, 1.82) is 0 Å². The predicted octanol–water partition coefficient (Wildman–Crippen LogP) is 2.40. The molecular formula is C13H20N4OS. The Kier molecular flexibility index (Phi) is 3.91. The fourth-order valence-corrected chi connectivity index (χ4v) is 2.79. The first-order chi connectivity index (χ1) is 8.91. The van der Waals surface area contributed by atoms with Gasteiger partial charge in [0.25, 0.3) is 0 Å². The van der Waals surface area contributed by atoms with Crippen LogP contribution in [-0.4, -0.2) is 28.2 Å². The Balaban J connectivity index is 2.25. The number of aliphatic hydroxyl groups is 1. The average molecular weight is 280 g/mol. The van der Waals surface area contributed by atoms with E-state index in [0.29, 0.717) is 0 Å². The van der Waals surface area contributed by atoms with Gasteiger partial charge in [0, 0.05) is 18.0 Å². The van der Waals surface area contributed by atoms with Gasteiger partial charge in [0.1, 0.15) is 10.6 Å². The normalized spacial score (nSPS) is 12.0. The number of nitrogen functional groups attached to an aromatic ring is 1. The fourth-order valence-electron chi connectivity index (χ4n) is 1.91. The maximum atomic E-state index is 9.05. The van der Waals surface area contributed by atoms with Crippen LogP contribution in [0.1, 0.15) is 25.1 Å². The van der Waals surface area contributed by atoms with Gasteiger partial charge < -0.3 is 16.2 Å². The Bertz CT molecular complexity index is 579. The van der Waals surface area contributed by atoms with Crippen molar-refractivity contribution in [3.05, 3.63) is 10.9 Å². The molecule has 0 saturated heterocycles. The topological polar surface area (TPSA) is 84.1 Å². The molecule has 0 aliphatic rings. The van der Waals surface area contributed by atoms with E-state index in [1.807, 2.05) is 6.92 Å². The first-order valence-corrected chi connectivity index (χ1v) is 7.11. The van der Waals surface area contributed by atoms with Gasteiger partial charge in [0.05, 0.1) is 5.39 Å². The Morgan fingerprint density at radius 3 is 2.84 bits per heavy atom. The third kappa shape index (κ3) is 3.33. The summed E-state index contributed by atoms with van der Waals surface area (Å²) in [5.74, 6) is 1.06. The van der Waals surface area contributed by atoms with Gasteiger partial charge in [0.2, 0.25) is 5.95 Å². The van der Waals surface area contributed by atoms with Crippen LogP contribution in [0.2, 0.25) is 0 Å². The van der Waals surface area contributed by atoms with E-state index in [1.165, 1.54) is 4.88 Å². The molecule has 0 aliphatic carbocycles. The molecule has 4 N–H and O–H groups in total. The molecule has 104 valence electrons. The predicted molar refractivity (Wildman–Crippen MR) is 80.5 cm³/mol. The van der Waals surface area contributed by atoms with Crippen LogP contribution < -0.4 is 11.1 Å². The minimum Gasteiger partial charge on any atom is -0.396 e. The summed E-state index contributed by atoms with van der Waals surface area (Å²) in [6.07, 6.45) is 0.742. The number of aromatic nitrogens is 2. The van der Waals surface area contributed by atoms with E-state index in [4.69, 9.17) is 10.8 Å². The second kappa shape index (κ2) is 5.30. The van der Waals surface area contributed by atoms with Crippen molar-refractivity contribution in [3.63, 3.8) is 0 Å². The molecule has 0 radical (unpaired) electrons. The number of hydrogen-bond donors (Lipinski definition) is 3. The molecule has 0 saturated carbocycles. The summed E-state index contributed by atoms with van der Waals surface area (Å²) in [7, 11) is 0. The lowest BCUT2D eigenvalue weighted by atomic mass is 9.90. The standard InChI is InChI=1S/C13H20N4OS/c1-8-6-9-10(15-7-13(2,3)4-5-18)16-12(14)17-11(9)19-8/h6,18H,4-5,7H2,1-3H3,(H3,14,15,16,17). The molecule has 2 heterocycles. The molecule has 2 aromatic rings. The highest BCUT2D eigenvalue weighted by molar-refractivity contribution is 7.18. The number of nitrogens with two attached hydrogens (primary N) is 1. The molecule has 0 unspecified atom stereocenters. The number of anilines is 2. The van der Waals surface area contributed by atoms with Gasteiger partial charge >= 0.3 is 0 Å². The van der Waals surface area contributed by atoms with Crippen LogP contribution in [0.3, 0.4) is 0 Å². The number of nitrogens with zero attached hydrogens (tertiary/aromatic N) is 2. The molecule has 0 atom stereocenters. The third-order valence-electron chi connectivity index (χ3n) is 3.06. The van der Waals surface area contributed by atoms with Crippen LogP contribution >= 0.6 is 11.3 Å². The van der Waals surface area contributed by atoms with Crippen molar-refractivity contribution >= 4 is 33.3 Å².